The Hall–Kier alpha value is -2.07. The maximum atomic E-state index is 11.8. The van der Waals surface area contributed by atoms with Gasteiger partial charge in [-0.1, -0.05) is 29.8 Å². The van der Waals surface area contributed by atoms with Crippen molar-refractivity contribution in [3.63, 3.8) is 0 Å². The third-order valence-corrected chi connectivity index (χ3v) is 2.81. The molecule has 18 heavy (non-hydrogen) atoms. The van der Waals surface area contributed by atoms with E-state index in [1.54, 1.807) is 18.2 Å². The summed E-state index contributed by atoms with van der Waals surface area (Å²) >= 11 is 5.99. The molecule has 0 aliphatic carbocycles. The van der Waals surface area contributed by atoms with Gasteiger partial charge in [0.15, 0.2) is 0 Å². The summed E-state index contributed by atoms with van der Waals surface area (Å²) < 4.78 is 0. The van der Waals surface area contributed by atoms with Crippen molar-refractivity contribution < 1.29 is 4.79 Å². The lowest BCUT2D eigenvalue weighted by molar-refractivity contribution is 0.0950. The number of nitrogen functional groups attached to an aromatic ring is 1. The number of amides is 1. The average molecular weight is 262 g/mol. The van der Waals surface area contributed by atoms with Crippen molar-refractivity contribution in [1.29, 1.82) is 0 Å². The van der Waals surface area contributed by atoms with E-state index in [-0.39, 0.29) is 5.91 Å². The summed E-state index contributed by atoms with van der Waals surface area (Å²) in [4.78, 5) is 15.7. The molecule has 0 atom stereocenters. The van der Waals surface area contributed by atoms with E-state index in [9.17, 15) is 4.79 Å². The van der Waals surface area contributed by atoms with E-state index in [1.807, 2.05) is 18.2 Å². The Kier molecular flexibility index (Phi) is 3.79. The Morgan fingerprint density at radius 3 is 2.72 bits per heavy atom. The van der Waals surface area contributed by atoms with Crippen LogP contribution >= 0.6 is 11.6 Å². The fourth-order valence-electron chi connectivity index (χ4n) is 1.46. The van der Waals surface area contributed by atoms with Crippen LogP contribution in [0.3, 0.4) is 0 Å². The largest absolute Gasteiger partial charge is 0.384 e. The first-order chi connectivity index (χ1) is 8.66. The van der Waals surface area contributed by atoms with Crippen LogP contribution in [0.1, 0.15) is 15.9 Å². The van der Waals surface area contributed by atoms with E-state index >= 15 is 0 Å². The first-order valence-electron chi connectivity index (χ1n) is 5.40. The van der Waals surface area contributed by atoms with Gasteiger partial charge >= 0.3 is 0 Å². The smallest absolute Gasteiger partial charge is 0.253 e. The fraction of sp³-hybridized carbons (Fsp3) is 0.0769. The number of pyridine rings is 1. The van der Waals surface area contributed by atoms with E-state index in [0.717, 1.165) is 5.56 Å². The lowest BCUT2D eigenvalue weighted by Crippen LogP contribution is -2.23. The molecule has 0 spiro atoms. The molecule has 1 aromatic heterocycles. The number of halogens is 1. The maximum Gasteiger partial charge on any atom is 0.253 e. The molecule has 1 heterocycles. The normalized spacial score (nSPS) is 10.1. The van der Waals surface area contributed by atoms with Crippen LogP contribution in [0.2, 0.25) is 5.02 Å². The van der Waals surface area contributed by atoms with Gasteiger partial charge in [-0.3, -0.25) is 4.79 Å². The molecule has 0 aliphatic rings. The third-order valence-electron chi connectivity index (χ3n) is 2.45. The van der Waals surface area contributed by atoms with Crippen molar-refractivity contribution >= 4 is 23.3 Å². The lowest BCUT2D eigenvalue weighted by Gasteiger charge is -2.06. The first-order valence-corrected chi connectivity index (χ1v) is 5.78. The van der Waals surface area contributed by atoms with Crippen LogP contribution in [0.15, 0.2) is 42.6 Å². The van der Waals surface area contributed by atoms with E-state index < -0.39 is 0 Å². The van der Waals surface area contributed by atoms with E-state index in [4.69, 9.17) is 17.3 Å². The highest BCUT2D eigenvalue weighted by molar-refractivity contribution is 6.31. The molecule has 1 amide bonds. The Morgan fingerprint density at radius 1 is 1.28 bits per heavy atom. The third kappa shape index (κ3) is 2.99. The van der Waals surface area contributed by atoms with E-state index in [0.29, 0.717) is 22.9 Å². The predicted molar refractivity (Wildman–Crippen MR) is 71.3 cm³/mol. The van der Waals surface area contributed by atoms with Gasteiger partial charge in [-0.05, 0) is 23.8 Å². The van der Waals surface area contributed by atoms with Gasteiger partial charge in [0.2, 0.25) is 0 Å². The Bertz CT molecular complexity index is 554. The molecular formula is C13H12ClN3O. The predicted octanol–water partition coefficient (Wildman–Crippen LogP) is 2.25. The summed E-state index contributed by atoms with van der Waals surface area (Å²) in [5.74, 6) is 0.181. The minimum absolute atomic E-state index is 0.206. The van der Waals surface area contributed by atoms with E-state index in [2.05, 4.69) is 10.3 Å². The summed E-state index contributed by atoms with van der Waals surface area (Å²) in [6, 6.07) is 10.6. The second-order valence-electron chi connectivity index (χ2n) is 3.75. The van der Waals surface area contributed by atoms with Crippen molar-refractivity contribution in [2.24, 2.45) is 0 Å². The van der Waals surface area contributed by atoms with Crippen LogP contribution in [0.5, 0.6) is 0 Å². The van der Waals surface area contributed by atoms with Crippen LogP contribution in [0.4, 0.5) is 5.82 Å². The zero-order valence-corrected chi connectivity index (χ0v) is 10.3. The number of anilines is 1. The highest BCUT2D eigenvalue weighted by atomic mass is 35.5. The number of hydrogen-bond acceptors (Lipinski definition) is 3. The monoisotopic (exact) mass is 261 g/mol. The highest BCUT2D eigenvalue weighted by Crippen LogP contribution is 2.14. The van der Waals surface area contributed by atoms with Crippen LogP contribution < -0.4 is 11.1 Å². The van der Waals surface area contributed by atoms with Crippen molar-refractivity contribution in [3.8, 4) is 0 Å². The summed E-state index contributed by atoms with van der Waals surface area (Å²) in [5, 5.41) is 3.40. The van der Waals surface area contributed by atoms with Gasteiger partial charge in [-0.2, -0.15) is 0 Å². The van der Waals surface area contributed by atoms with Gasteiger partial charge in [-0.25, -0.2) is 4.98 Å². The summed E-state index contributed by atoms with van der Waals surface area (Å²) in [5.41, 5.74) is 6.79. The molecule has 3 N–H and O–H groups in total. The number of carbonyl (C=O) groups is 1. The Morgan fingerprint density at radius 2 is 2.06 bits per heavy atom. The van der Waals surface area contributed by atoms with Crippen molar-refractivity contribution in [3.05, 3.63) is 58.7 Å². The second-order valence-corrected chi connectivity index (χ2v) is 4.15. The van der Waals surface area contributed by atoms with Gasteiger partial charge in [0.25, 0.3) is 5.91 Å². The van der Waals surface area contributed by atoms with Gasteiger partial charge in [-0.15, -0.1) is 0 Å². The summed E-state index contributed by atoms with van der Waals surface area (Å²) in [6.45, 7) is 0.378. The van der Waals surface area contributed by atoms with Crippen molar-refractivity contribution in [2.45, 2.75) is 6.54 Å². The molecule has 0 saturated heterocycles. The number of nitrogens with one attached hydrogen (secondary N) is 1. The first kappa shape index (κ1) is 12.4. The van der Waals surface area contributed by atoms with Gasteiger partial charge in [0.1, 0.15) is 5.82 Å². The van der Waals surface area contributed by atoms with Crippen LogP contribution in [0.25, 0.3) is 0 Å². The number of nitrogens with zero attached hydrogens (tertiary/aromatic N) is 1. The van der Waals surface area contributed by atoms with Crippen molar-refractivity contribution in [1.82, 2.24) is 10.3 Å². The molecule has 4 nitrogen and oxygen atoms in total. The van der Waals surface area contributed by atoms with Gasteiger partial charge in [0, 0.05) is 17.8 Å². The molecule has 0 radical (unpaired) electrons. The number of nitrogens with two attached hydrogens (primary N) is 1. The SMILES string of the molecule is Nc1ccc(C(=O)NCc2ccccc2Cl)cn1. The van der Waals surface area contributed by atoms with Crippen LogP contribution in [-0.4, -0.2) is 10.9 Å². The Balaban J connectivity index is 2.01. The second kappa shape index (κ2) is 5.51. The summed E-state index contributed by atoms with van der Waals surface area (Å²) in [7, 11) is 0. The minimum Gasteiger partial charge on any atom is -0.384 e. The number of carbonyl (C=O) groups excluding carboxylic acids is 1. The van der Waals surface area contributed by atoms with Crippen LogP contribution in [-0.2, 0) is 6.54 Å². The molecule has 92 valence electrons. The number of rotatable bonds is 3. The molecule has 0 bridgehead atoms. The topological polar surface area (TPSA) is 68.0 Å². The van der Waals surface area contributed by atoms with Gasteiger partial charge < -0.3 is 11.1 Å². The molecule has 0 aliphatic heterocycles. The number of hydrogen-bond donors (Lipinski definition) is 2. The molecule has 5 heteroatoms. The fourth-order valence-corrected chi connectivity index (χ4v) is 1.66. The molecule has 0 fully saturated rings. The van der Waals surface area contributed by atoms with E-state index in [1.165, 1.54) is 6.20 Å². The van der Waals surface area contributed by atoms with Crippen LogP contribution in [0, 0.1) is 0 Å². The Labute approximate surface area is 110 Å². The molecule has 0 unspecified atom stereocenters. The van der Waals surface area contributed by atoms with Crippen molar-refractivity contribution in [2.75, 3.05) is 5.73 Å². The molecule has 0 saturated carbocycles. The molecular weight excluding hydrogens is 250 g/mol. The minimum atomic E-state index is -0.206. The molecule has 2 rings (SSSR count). The molecule has 2 aromatic rings. The number of benzene rings is 1. The maximum absolute atomic E-state index is 11.8. The quantitative estimate of drug-likeness (QED) is 0.890. The number of aromatic nitrogens is 1. The standard InChI is InChI=1S/C13H12ClN3O/c14-11-4-2-1-3-9(11)7-17-13(18)10-5-6-12(15)16-8-10/h1-6,8H,7H2,(H2,15,16)(H,17,18). The average Bonchev–Trinajstić information content (AvgIpc) is 2.38. The molecule has 1 aromatic carbocycles. The lowest BCUT2D eigenvalue weighted by atomic mass is 10.2. The zero-order valence-electron chi connectivity index (χ0n) is 9.56. The highest BCUT2D eigenvalue weighted by Gasteiger charge is 2.06. The zero-order chi connectivity index (χ0) is 13.0. The van der Waals surface area contributed by atoms with Gasteiger partial charge in [0.05, 0.1) is 5.56 Å². The summed E-state index contributed by atoms with van der Waals surface area (Å²) in [6.07, 6.45) is 1.44.